The van der Waals surface area contributed by atoms with Gasteiger partial charge in [0, 0.05) is 56.4 Å². The van der Waals surface area contributed by atoms with Crippen LogP contribution in [0.2, 0.25) is 98.2 Å². The Morgan fingerprint density at radius 1 is 0.571 bits per heavy atom. The third-order valence-electron chi connectivity index (χ3n) is 11.9. The van der Waals surface area contributed by atoms with Gasteiger partial charge in [0.15, 0.2) is 6.63 Å². The van der Waals surface area contributed by atoms with Crippen molar-refractivity contribution in [1.29, 1.82) is 0 Å². The highest BCUT2D eigenvalue weighted by atomic mass is 30.6. The topological polar surface area (TPSA) is 26.3 Å². The molecule has 3 heterocycles. The molecule has 3 rings (SSSR count). The summed E-state index contributed by atoms with van der Waals surface area (Å²) in [6, 6.07) is 0. The maximum atomic E-state index is 14.2. The van der Waals surface area contributed by atoms with Crippen molar-refractivity contribution in [2.24, 2.45) is 0 Å². The Morgan fingerprint density at radius 2 is 0.821 bits per heavy atom. The first-order valence-electron chi connectivity index (χ1n) is 11.1. The van der Waals surface area contributed by atoms with Crippen LogP contribution in [-0.4, -0.2) is 75.7 Å². The SMILES string of the molecule is COC(=O)[Si]12[Si](C)(C)[Si](C)(C)[Si]([Si](C)(C)C)([Si](C)(C)[Si]1(C)C)[Si](C)(C)[Si]2(C)C. The molecule has 0 N–H and O–H groups in total. The summed E-state index contributed by atoms with van der Waals surface area (Å²) in [5.74, 6) is 0. The van der Waals surface area contributed by atoms with E-state index < -0.39 is 63.0 Å². The fraction of sp³-hybridized carbons (Fsp3) is 0.941. The van der Waals surface area contributed by atoms with Crippen LogP contribution in [0, 0.1) is 0 Å². The zero-order valence-electron chi connectivity index (χ0n) is 21.8. The maximum absolute atomic E-state index is 14.2. The summed E-state index contributed by atoms with van der Waals surface area (Å²) in [7, 11) is -9.06. The third-order valence-corrected chi connectivity index (χ3v) is 305. The monoisotopic (exact) mass is 536 g/mol. The van der Waals surface area contributed by atoms with Crippen LogP contribution in [0.5, 0.6) is 0 Å². The van der Waals surface area contributed by atoms with Crippen molar-refractivity contribution in [3.63, 3.8) is 0 Å². The molecule has 0 atom stereocenters. The predicted molar refractivity (Wildman–Crippen MR) is 152 cm³/mol. The number of methoxy groups -OCH3 is 1. The van der Waals surface area contributed by atoms with Crippen LogP contribution in [0.1, 0.15) is 0 Å². The van der Waals surface area contributed by atoms with Gasteiger partial charge in [-0.1, -0.05) is 98.2 Å². The fourth-order valence-electron chi connectivity index (χ4n) is 11.2. The molecule has 28 heavy (non-hydrogen) atoms. The highest BCUT2D eigenvalue weighted by Gasteiger charge is 2.97. The van der Waals surface area contributed by atoms with E-state index in [4.69, 9.17) is 4.74 Å². The number of carbonyl (C=O) groups excluding carboxylic acids is 1. The number of carbonyl (C=O) groups is 1. The summed E-state index contributed by atoms with van der Waals surface area (Å²) in [4.78, 5) is 14.2. The van der Waals surface area contributed by atoms with Crippen LogP contribution in [0.15, 0.2) is 0 Å². The molecule has 0 spiro atoms. The van der Waals surface area contributed by atoms with E-state index >= 15 is 0 Å². The van der Waals surface area contributed by atoms with E-state index in [1.807, 2.05) is 0 Å². The Kier molecular flexibility index (Phi) is 5.55. The van der Waals surface area contributed by atoms with Gasteiger partial charge in [0.2, 0.25) is 0 Å². The van der Waals surface area contributed by atoms with Crippen molar-refractivity contribution in [2.45, 2.75) is 98.2 Å². The molecule has 2 bridgehead atoms. The highest BCUT2D eigenvalue weighted by molar-refractivity contribution is 8.43. The van der Waals surface area contributed by atoms with E-state index in [1.54, 1.807) is 7.11 Å². The van der Waals surface area contributed by atoms with Crippen molar-refractivity contribution >= 4 is 68.6 Å². The Hall–Kier alpha value is 1.42. The quantitative estimate of drug-likeness (QED) is 0.427. The first-order valence-corrected chi connectivity index (χ1v) is 46.6. The normalized spacial score (nSPS) is 38.7. The minimum absolute atomic E-state index is 0.428. The van der Waals surface area contributed by atoms with E-state index in [0.717, 1.165) is 0 Å². The predicted octanol–water partition coefficient (Wildman–Crippen LogP) is 5.63. The Morgan fingerprint density at radius 3 is 1.00 bits per heavy atom. The van der Waals surface area contributed by atoms with Gasteiger partial charge in [-0.15, -0.1) is 0 Å². The zero-order valence-corrected chi connectivity index (χ0v) is 30.8. The molecule has 0 aliphatic carbocycles. The third kappa shape index (κ3) is 1.94. The molecule has 3 aliphatic heterocycles. The van der Waals surface area contributed by atoms with Gasteiger partial charge in [0.1, 0.15) is 0 Å². The van der Waals surface area contributed by atoms with E-state index in [1.165, 1.54) is 0 Å². The summed E-state index contributed by atoms with van der Waals surface area (Å²) >= 11 is 0. The number of fused-ring (bicyclic) bond motifs is 3. The second kappa shape index (κ2) is 6.05. The van der Waals surface area contributed by atoms with Crippen molar-refractivity contribution in [3.8, 4) is 0 Å². The second-order valence-corrected chi connectivity index (χ2v) is 129. The molecular weight excluding hydrogens is 489 g/mol. The van der Waals surface area contributed by atoms with Gasteiger partial charge in [-0.05, 0) is 0 Å². The van der Waals surface area contributed by atoms with Crippen LogP contribution in [0.25, 0.3) is 0 Å². The Bertz CT molecular complexity index is 645. The molecule has 0 aromatic carbocycles. The second-order valence-electron chi connectivity index (χ2n) is 14.0. The van der Waals surface area contributed by atoms with Crippen LogP contribution in [0.4, 0.5) is 4.79 Å². The van der Waals surface area contributed by atoms with E-state index in [2.05, 4.69) is 98.2 Å². The van der Waals surface area contributed by atoms with Crippen molar-refractivity contribution in [2.75, 3.05) is 7.11 Å². The maximum Gasteiger partial charge on any atom is 0.262 e. The molecule has 0 amide bonds. The first-order chi connectivity index (χ1) is 12.0. The number of rotatable bonds is 2. The van der Waals surface area contributed by atoms with Crippen LogP contribution >= 0.6 is 0 Å². The average molecular weight is 537 g/mol. The van der Waals surface area contributed by atoms with Gasteiger partial charge < -0.3 is 4.74 Å². The number of hydrogen-bond acceptors (Lipinski definition) is 2. The largest absolute Gasteiger partial charge is 0.474 e. The average Bonchev–Trinajstić information content (AvgIpc) is 2.41. The smallest absolute Gasteiger partial charge is 0.262 e. The lowest BCUT2D eigenvalue weighted by molar-refractivity contribution is 0.197. The van der Waals surface area contributed by atoms with Gasteiger partial charge in [-0.25, -0.2) is 0 Å². The van der Waals surface area contributed by atoms with Gasteiger partial charge in [-0.3, -0.25) is 4.79 Å². The van der Waals surface area contributed by atoms with Crippen LogP contribution in [0.3, 0.4) is 0 Å². The lowest BCUT2D eigenvalue weighted by atomic mass is 11.5. The molecule has 0 radical (unpaired) electrons. The molecule has 0 unspecified atom stereocenters. The van der Waals surface area contributed by atoms with Gasteiger partial charge in [-0.2, -0.15) is 0 Å². The Labute approximate surface area is 182 Å². The summed E-state index contributed by atoms with van der Waals surface area (Å²) in [6.45, 7) is 40.3. The molecule has 3 saturated heterocycles. The van der Waals surface area contributed by atoms with Crippen LogP contribution < -0.4 is 0 Å². The van der Waals surface area contributed by atoms with Gasteiger partial charge >= 0.3 is 0 Å². The summed E-state index contributed by atoms with van der Waals surface area (Å²) in [6.07, 6.45) is -1.42. The number of hydrogen-bond donors (Lipinski definition) is 0. The lowest BCUT2D eigenvalue weighted by Gasteiger charge is -2.88. The summed E-state index contributed by atoms with van der Waals surface area (Å²) < 4.78 is 5.93. The van der Waals surface area contributed by atoms with Crippen molar-refractivity contribution < 1.29 is 9.53 Å². The standard InChI is InChI=1S/C17H48O2Si9/c1-19-17(18)27-21(5,6)24(11,12)28(20(2,3)4,25(13,14)22(27,7)8)26(15,16)23(27,9)10/h1-16H3. The molecule has 0 aromatic rings. The first kappa shape index (κ1) is 25.7. The van der Waals surface area contributed by atoms with Crippen molar-refractivity contribution in [1.82, 2.24) is 0 Å². The minimum atomic E-state index is -2.11. The number of ether oxygens (including phenoxy) is 1. The van der Waals surface area contributed by atoms with E-state index in [0.29, 0.717) is 5.59 Å². The highest BCUT2D eigenvalue weighted by Crippen LogP contribution is 2.66. The molecule has 3 aliphatic rings. The molecule has 3 fully saturated rings. The van der Waals surface area contributed by atoms with E-state index in [9.17, 15) is 4.79 Å². The zero-order chi connectivity index (χ0) is 22.8. The fourth-order valence-corrected chi connectivity index (χ4v) is 649. The summed E-state index contributed by atoms with van der Waals surface area (Å²) in [5.41, 5.74) is 0.428. The molecular formula is C17H48O2Si9. The van der Waals surface area contributed by atoms with Gasteiger partial charge in [0.25, 0.3) is 5.59 Å². The molecule has 11 heteroatoms. The molecule has 0 saturated carbocycles. The molecule has 0 aromatic heterocycles. The van der Waals surface area contributed by atoms with Gasteiger partial charge in [0.05, 0.1) is 7.11 Å². The molecule has 164 valence electrons. The lowest BCUT2D eigenvalue weighted by Crippen LogP contribution is -3.22. The Balaban J connectivity index is 3.35. The van der Waals surface area contributed by atoms with E-state index in [-0.39, 0.29) is 0 Å². The minimum Gasteiger partial charge on any atom is -0.474 e. The molecule has 2 nitrogen and oxygen atoms in total. The van der Waals surface area contributed by atoms with Crippen molar-refractivity contribution in [3.05, 3.63) is 0 Å². The summed E-state index contributed by atoms with van der Waals surface area (Å²) in [5, 5.41) is 0. The van der Waals surface area contributed by atoms with Crippen LogP contribution in [-0.2, 0) is 4.74 Å².